The maximum atomic E-state index is 10.6. The maximum absolute atomic E-state index is 10.6. The number of imidazole rings is 1. The number of aromatic nitrogens is 3. The van der Waals surface area contributed by atoms with E-state index in [-0.39, 0.29) is 0 Å². The van der Waals surface area contributed by atoms with Gasteiger partial charge in [0.05, 0.1) is 5.69 Å². The monoisotopic (exact) mass is 177 g/mol. The molecule has 0 unspecified atom stereocenters. The van der Waals surface area contributed by atoms with E-state index in [1.807, 2.05) is 30.2 Å². The fourth-order valence-electron chi connectivity index (χ4n) is 1.59. The molecular weight excluding hydrogens is 166 g/mol. The van der Waals surface area contributed by atoms with Crippen LogP contribution in [-0.4, -0.2) is 20.4 Å². The Morgan fingerprint density at radius 3 is 2.62 bits per heavy atom. The molecule has 68 valence electrons. The minimum Gasteiger partial charge on any atom is -0.326 e. The number of carbonyl (C=O) groups is 1. The van der Waals surface area contributed by atoms with Gasteiger partial charge in [0.15, 0.2) is 6.29 Å². The second-order valence-corrected chi connectivity index (χ2v) is 3.17. The molecule has 0 fully saturated rings. The van der Waals surface area contributed by atoms with Gasteiger partial charge in [0.2, 0.25) is 0 Å². The number of carbonyl (C=O) groups excluding carboxylic acids is 1. The second kappa shape index (κ2) is 2.45. The Morgan fingerprint density at radius 2 is 2.08 bits per heavy atom. The molecule has 0 N–H and O–H groups in total. The Morgan fingerprint density at radius 1 is 1.38 bits per heavy atom. The van der Waals surface area contributed by atoms with Crippen LogP contribution in [-0.2, 0) is 14.1 Å². The van der Waals surface area contributed by atoms with Crippen molar-refractivity contribution >= 4 is 17.5 Å². The molecule has 0 aliphatic rings. The number of rotatable bonds is 1. The van der Waals surface area contributed by atoms with E-state index in [0.717, 1.165) is 23.3 Å². The van der Waals surface area contributed by atoms with Gasteiger partial charge in [-0.15, -0.1) is 0 Å². The molecule has 0 atom stereocenters. The predicted molar refractivity (Wildman–Crippen MR) is 49.8 cm³/mol. The van der Waals surface area contributed by atoms with Gasteiger partial charge in [-0.1, -0.05) is 0 Å². The Balaban J connectivity index is 2.89. The molecule has 4 nitrogen and oxygen atoms in total. The van der Waals surface area contributed by atoms with Crippen LogP contribution in [0.5, 0.6) is 0 Å². The topological polar surface area (TPSA) is 39.8 Å². The van der Waals surface area contributed by atoms with E-state index >= 15 is 0 Å². The second-order valence-electron chi connectivity index (χ2n) is 3.17. The average Bonchev–Trinajstić information content (AvgIpc) is 2.54. The molecule has 0 saturated heterocycles. The third kappa shape index (κ3) is 0.915. The third-order valence-electron chi connectivity index (χ3n) is 2.42. The van der Waals surface area contributed by atoms with Crippen LogP contribution >= 0.6 is 0 Å². The summed E-state index contributed by atoms with van der Waals surface area (Å²) >= 11 is 0. The zero-order valence-corrected chi connectivity index (χ0v) is 7.90. The Bertz CT molecular complexity index is 478. The summed E-state index contributed by atoms with van der Waals surface area (Å²) in [4.78, 5) is 15.0. The molecule has 2 aromatic heterocycles. The summed E-state index contributed by atoms with van der Waals surface area (Å²) in [6.07, 6.45) is 0.844. The van der Waals surface area contributed by atoms with E-state index < -0.39 is 0 Å². The van der Waals surface area contributed by atoms with Crippen LogP contribution < -0.4 is 0 Å². The first-order valence-corrected chi connectivity index (χ1v) is 4.09. The van der Waals surface area contributed by atoms with E-state index in [1.54, 1.807) is 6.07 Å². The molecular formula is C9H11N3O. The number of aryl methyl sites for hydroxylation is 3. The molecule has 0 spiro atoms. The molecule has 0 aliphatic carbocycles. The first kappa shape index (κ1) is 8.04. The van der Waals surface area contributed by atoms with Crippen LogP contribution in [0.15, 0.2) is 6.07 Å². The van der Waals surface area contributed by atoms with Gasteiger partial charge >= 0.3 is 0 Å². The van der Waals surface area contributed by atoms with Crippen molar-refractivity contribution in [1.82, 2.24) is 14.1 Å². The van der Waals surface area contributed by atoms with Gasteiger partial charge in [-0.05, 0) is 13.0 Å². The molecule has 2 aromatic rings. The summed E-state index contributed by atoms with van der Waals surface area (Å²) < 4.78 is 3.82. The van der Waals surface area contributed by atoms with Crippen molar-refractivity contribution in [1.29, 1.82) is 0 Å². The van der Waals surface area contributed by atoms with E-state index in [9.17, 15) is 4.79 Å². The van der Waals surface area contributed by atoms with Crippen molar-refractivity contribution < 1.29 is 4.79 Å². The number of hydrogen-bond donors (Lipinski definition) is 0. The maximum Gasteiger partial charge on any atom is 0.166 e. The lowest BCUT2D eigenvalue weighted by molar-refractivity contribution is 0.111. The number of nitrogens with zero attached hydrogens (tertiary/aromatic N) is 3. The fraction of sp³-hybridized carbons (Fsp3) is 0.333. The van der Waals surface area contributed by atoms with Gasteiger partial charge in [0.1, 0.15) is 17.0 Å². The smallest absolute Gasteiger partial charge is 0.166 e. The molecule has 0 radical (unpaired) electrons. The van der Waals surface area contributed by atoms with E-state index in [0.29, 0.717) is 5.69 Å². The summed E-state index contributed by atoms with van der Waals surface area (Å²) in [5.41, 5.74) is 2.53. The standard InChI is InChI=1S/C9H11N3O/c1-6-10-8-4-7(5-13)12(3)9(8)11(6)2/h4-5H,1-3H3. The normalized spacial score (nSPS) is 11.0. The number of aldehydes is 1. The largest absolute Gasteiger partial charge is 0.326 e. The average molecular weight is 177 g/mol. The quantitative estimate of drug-likeness (QED) is 0.610. The predicted octanol–water partition coefficient (Wildman–Crippen LogP) is 1.03. The van der Waals surface area contributed by atoms with Crippen LogP contribution in [0, 0.1) is 6.92 Å². The zero-order valence-electron chi connectivity index (χ0n) is 7.90. The molecule has 4 heteroatoms. The van der Waals surface area contributed by atoms with E-state index in [2.05, 4.69) is 4.98 Å². The highest BCUT2D eigenvalue weighted by Crippen LogP contribution is 2.17. The highest BCUT2D eigenvalue weighted by molar-refractivity contribution is 5.85. The Hall–Kier alpha value is -1.58. The molecule has 2 heterocycles. The fourth-order valence-corrected chi connectivity index (χ4v) is 1.59. The summed E-state index contributed by atoms with van der Waals surface area (Å²) in [7, 11) is 3.81. The van der Waals surface area contributed by atoms with Crippen LogP contribution in [0.2, 0.25) is 0 Å². The van der Waals surface area contributed by atoms with Crippen molar-refractivity contribution in [3.8, 4) is 0 Å². The Kier molecular flexibility index (Phi) is 1.52. The molecule has 0 aromatic carbocycles. The minimum atomic E-state index is 0.660. The number of fused-ring (bicyclic) bond motifs is 1. The minimum absolute atomic E-state index is 0.660. The van der Waals surface area contributed by atoms with Crippen molar-refractivity contribution in [2.75, 3.05) is 0 Å². The molecule has 2 rings (SSSR count). The lowest BCUT2D eigenvalue weighted by Gasteiger charge is -2.00. The molecule has 0 aliphatic heterocycles. The van der Waals surface area contributed by atoms with Gasteiger partial charge in [-0.25, -0.2) is 4.98 Å². The highest BCUT2D eigenvalue weighted by Gasteiger charge is 2.10. The summed E-state index contributed by atoms with van der Waals surface area (Å²) in [5.74, 6) is 0.957. The lowest BCUT2D eigenvalue weighted by Crippen LogP contribution is -2.00. The van der Waals surface area contributed by atoms with Gasteiger partial charge in [0.25, 0.3) is 0 Å². The molecule has 0 amide bonds. The van der Waals surface area contributed by atoms with Crippen molar-refractivity contribution in [3.63, 3.8) is 0 Å². The Labute approximate surface area is 75.8 Å². The van der Waals surface area contributed by atoms with Gasteiger partial charge < -0.3 is 9.13 Å². The molecule has 13 heavy (non-hydrogen) atoms. The van der Waals surface area contributed by atoms with Crippen molar-refractivity contribution in [2.24, 2.45) is 14.1 Å². The van der Waals surface area contributed by atoms with Crippen LogP contribution in [0.3, 0.4) is 0 Å². The third-order valence-corrected chi connectivity index (χ3v) is 2.42. The molecule has 0 saturated carbocycles. The first-order chi connectivity index (χ1) is 6.15. The van der Waals surface area contributed by atoms with Gasteiger partial charge in [0, 0.05) is 14.1 Å². The van der Waals surface area contributed by atoms with Gasteiger partial charge in [-0.3, -0.25) is 4.79 Å². The zero-order chi connectivity index (χ0) is 9.59. The summed E-state index contributed by atoms with van der Waals surface area (Å²) in [6, 6.07) is 1.80. The van der Waals surface area contributed by atoms with E-state index in [1.165, 1.54) is 0 Å². The van der Waals surface area contributed by atoms with E-state index in [4.69, 9.17) is 0 Å². The van der Waals surface area contributed by atoms with Crippen LogP contribution in [0.25, 0.3) is 11.2 Å². The SMILES string of the molecule is Cc1nc2cc(C=O)n(C)c2n1C. The van der Waals surface area contributed by atoms with Crippen LogP contribution in [0.4, 0.5) is 0 Å². The van der Waals surface area contributed by atoms with Crippen molar-refractivity contribution in [2.45, 2.75) is 6.92 Å². The first-order valence-electron chi connectivity index (χ1n) is 4.09. The molecule has 0 bridgehead atoms. The van der Waals surface area contributed by atoms with Crippen LogP contribution in [0.1, 0.15) is 16.3 Å². The lowest BCUT2D eigenvalue weighted by atomic mass is 10.4. The van der Waals surface area contributed by atoms with Crippen molar-refractivity contribution in [3.05, 3.63) is 17.6 Å². The highest BCUT2D eigenvalue weighted by atomic mass is 16.1. The summed E-state index contributed by atoms with van der Waals surface area (Å²) in [6.45, 7) is 1.95. The summed E-state index contributed by atoms with van der Waals surface area (Å²) in [5, 5.41) is 0. The van der Waals surface area contributed by atoms with Gasteiger partial charge in [-0.2, -0.15) is 0 Å². The number of hydrogen-bond acceptors (Lipinski definition) is 2.